The van der Waals surface area contributed by atoms with Gasteiger partial charge in [0.2, 0.25) is 0 Å². The Kier molecular flexibility index (Phi) is 5.42. The Morgan fingerprint density at radius 1 is 1.08 bits per heavy atom. The lowest BCUT2D eigenvalue weighted by Crippen LogP contribution is -2.44. The summed E-state index contributed by atoms with van der Waals surface area (Å²) in [6.45, 7) is 0. The van der Waals surface area contributed by atoms with E-state index in [1.807, 2.05) is 30.3 Å². The largest absolute Gasteiger partial charge is 0.481 e. The van der Waals surface area contributed by atoms with Crippen molar-refractivity contribution in [3.8, 4) is 5.69 Å². The number of benzene rings is 1. The van der Waals surface area contributed by atoms with Crippen LogP contribution in [0.15, 0.2) is 36.5 Å². The van der Waals surface area contributed by atoms with Gasteiger partial charge in [0.05, 0.1) is 17.8 Å². The van der Waals surface area contributed by atoms with Gasteiger partial charge in [0.25, 0.3) is 5.91 Å². The van der Waals surface area contributed by atoms with E-state index < -0.39 is 11.9 Å². The van der Waals surface area contributed by atoms with Gasteiger partial charge in [-0.1, -0.05) is 43.9 Å². The van der Waals surface area contributed by atoms with Crippen LogP contribution in [-0.2, 0) is 4.79 Å². The molecule has 2 aromatic rings. The van der Waals surface area contributed by atoms with Crippen LogP contribution in [0.5, 0.6) is 0 Å². The number of aliphatic carboxylic acids is 1. The Morgan fingerprint density at radius 3 is 2.52 bits per heavy atom. The van der Waals surface area contributed by atoms with Gasteiger partial charge in [-0.15, -0.1) is 5.10 Å². The highest BCUT2D eigenvalue weighted by Gasteiger charge is 2.30. The Morgan fingerprint density at radius 2 is 1.80 bits per heavy atom. The van der Waals surface area contributed by atoms with Crippen molar-refractivity contribution in [2.75, 3.05) is 0 Å². The number of amides is 1. The number of hydrogen-bond acceptors (Lipinski definition) is 4. The topological polar surface area (TPSA) is 97.1 Å². The number of carbonyl (C=O) groups excluding carboxylic acids is 1. The molecular formula is C18H22N4O3. The number of hydrogen-bond donors (Lipinski definition) is 2. The van der Waals surface area contributed by atoms with E-state index in [2.05, 4.69) is 15.5 Å². The predicted octanol–water partition coefficient (Wildman–Crippen LogP) is 2.42. The van der Waals surface area contributed by atoms with Crippen LogP contribution in [0.25, 0.3) is 5.69 Å². The molecule has 0 saturated heterocycles. The molecule has 7 nitrogen and oxygen atoms in total. The summed E-state index contributed by atoms with van der Waals surface area (Å²) in [4.78, 5) is 25.4. The highest BCUT2D eigenvalue weighted by Crippen LogP contribution is 2.23. The third-order valence-electron chi connectivity index (χ3n) is 4.61. The molecule has 1 amide bonds. The fourth-order valence-corrected chi connectivity index (χ4v) is 3.25. The minimum absolute atomic E-state index is 0.190. The summed E-state index contributed by atoms with van der Waals surface area (Å²) in [6, 6.07) is 8.94. The van der Waals surface area contributed by atoms with Gasteiger partial charge in [-0.05, 0) is 25.0 Å². The minimum Gasteiger partial charge on any atom is -0.481 e. The average Bonchev–Trinajstić information content (AvgIpc) is 3.08. The zero-order chi connectivity index (χ0) is 17.6. The van der Waals surface area contributed by atoms with Crippen molar-refractivity contribution in [2.24, 2.45) is 5.92 Å². The van der Waals surface area contributed by atoms with Crippen molar-refractivity contribution in [3.05, 3.63) is 42.2 Å². The van der Waals surface area contributed by atoms with E-state index >= 15 is 0 Å². The highest BCUT2D eigenvalue weighted by molar-refractivity contribution is 5.92. The lowest BCUT2D eigenvalue weighted by atomic mass is 9.86. The Hall–Kier alpha value is -2.70. The van der Waals surface area contributed by atoms with Gasteiger partial charge < -0.3 is 10.4 Å². The summed E-state index contributed by atoms with van der Waals surface area (Å²) in [5.41, 5.74) is 0.950. The molecule has 1 heterocycles. The van der Waals surface area contributed by atoms with Gasteiger partial charge >= 0.3 is 5.97 Å². The second kappa shape index (κ2) is 7.92. The SMILES string of the molecule is O=C(NC1CCCCCCC1C(=O)O)c1cnn(-c2ccccc2)n1. The highest BCUT2D eigenvalue weighted by atomic mass is 16.4. The van der Waals surface area contributed by atoms with Gasteiger partial charge in [-0.3, -0.25) is 9.59 Å². The van der Waals surface area contributed by atoms with Crippen molar-refractivity contribution in [1.29, 1.82) is 0 Å². The fraction of sp³-hybridized carbons (Fsp3) is 0.444. The molecule has 1 saturated carbocycles. The zero-order valence-corrected chi connectivity index (χ0v) is 14.0. The average molecular weight is 342 g/mol. The Balaban J connectivity index is 1.72. The quantitative estimate of drug-likeness (QED) is 0.889. The standard InChI is InChI=1S/C18H22N4O3/c23-17(16-12-19-22(21-16)13-8-4-3-5-9-13)20-15-11-7-2-1-6-10-14(15)18(24)25/h3-5,8-9,12,14-15H,1-2,6-7,10-11H2,(H,20,23)(H,24,25). The molecular weight excluding hydrogens is 320 g/mol. The molecule has 1 aliphatic carbocycles. The first-order valence-corrected chi connectivity index (χ1v) is 8.66. The maximum atomic E-state index is 12.5. The van der Waals surface area contributed by atoms with Crippen LogP contribution in [0, 0.1) is 5.92 Å². The molecule has 3 rings (SSSR count). The third kappa shape index (κ3) is 4.23. The van der Waals surface area contributed by atoms with Crippen molar-refractivity contribution in [2.45, 2.75) is 44.6 Å². The fourth-order valence-electron chi connectivity index (χ4n) is 3.25. The van der Waals surface area contributed by atoms with Crippen LogP contribution in [0.2, 0.25) is 0 Å². The summed E-state index contributed by atoms with van der Waals surface area (Å²) in [5, 5.41) is 20.7. The first-order valence-electron chi connectivity index (χ1n) is 8.66. The van der Waals surface area contributed by atoms with Crippen LogP contribution < -0.4 is 5.32 Å². The van der Waals surface area contributed by atoms with Crippen molar-refractivity contribution in [3.63, 3.8) is 0 Å². The van der Waals surface area contributed by atoms with Gasteiger partial charge in [-0.25, -0.2) is 0 Å². The van der Waals surface area contributed by atoms with Crippen molar-refractivity contribution >= 4 is 11.9 Å². The second-order valence-electron chi connectivity index (χ2n) is 6.37. The van der Waals surface area contributed by atoms with Crippen LogP contribution >= 0.6 is 0 Å². The lowest BCUT2D eigenvalue weighted by molar-refractivity contribution is -0.143. The molecule has 2 unspecified atom stereocenters. The van der Waals surface area contributed by atoms with Gasteiger partial charge in [0.1, 0.15) is 0 Å². The van der Waals surface area contributed by atoms with E-state index in [-0.39, 0.29) is 17.6 Å². The van der Waals surface area contributed by atoms with Gasteiger partial charge in [0, 0.05) is 6.04 Å². The molecule has 0 aliphatic heterocycles. The molecule has 1 aromatic heterocycles. The molecule has 7 heteroatoms. The summed E-state index contributed by atoms with van der Waals surface area (Å²) in [6.07, 6.45) is 6.60. The Labute approximate surface area is 146 Å². The summed E-state index contributed by atoms with van der Waals surface area (Å²) in [7, 11) is 0. The summed E-state index contributed by atoms with van der Waals surface area (Å²) >= 11 is 0. The number of carboxylic acid groups (broad SMARTS) is 1. The lowest BCUT2D eigenvalue weighted by Gasteiger charge is -2.26. The molecule has 1 fully saturated rings. The minimum atomic E-state index is -0.847. The number of para-hydroxylation sites is 1. The van der Waals surface area contributed by atoms with E-state index in [4.69, 9.17) is 0 Å². The van der Waals surface area contributed by atoms with Gasteiger partial charge in [0.15, 0.2) is 5.69 Å². The number of nitrogens with one attached hydrogen (secondary N) is 1. The molecule has 0 spiro atoms. The number of aromatic nitrogens is 3. The van der Waals surface area contributed by atoms with Crippen LogP contribution in [0.1, 0.15) is 49.0 Å². The molecule has 0 bridgehead atoms. The molecule has 25 heavy (non-hydrogen) atoms. The molecule has 2 atom stereocenters. The second-order valence-corrected chi connectivity index (χ2v) is 6.37. The summed E-state index contributed by atoms with van der Waals surface area (Å²) < 4.78 is 0. The van der Waals surface area contributed by atoms with Crippen LogP contribution in [0.3, 0.4) is 0 Å². The molecule has 1 aliphatic rings. The monoisotopic (exact) mass is 342 g/mol. The van der Waals surface area contributed by atoms with Crippen LogP contribution in [-0.4, -0.2) is 38.0 Å². The van der Waals surface area contributed by atoms with Crippen molar-refractivity contribution < 1.29 is 14.7 Å². The molecule has 2 N–H and O–H groups in total. The first-order chi connectivity index (χ1) is 12.1. The van der Waals surface area contributed by atoms with E-state index in [9.17, 15) is 14.7 Å². The first kappa shape index (κ1) is 17.1. The molecule has 0 radical (unpaired) electrons. The van der Waals surface area contributed by atoms with Crippen molar-refractivity contribution in [1.82, 2.24) is 20.3 Å². The summed E-state index contributed by atoms with van der Waals surface area (Å²) in [5.74, 6) is -1.77. The van der Waals surface area contributed by atoms with E-state index in [1.165, 1.54) is 11.0 Å². The number of carbonyl (C=O) groups is 2. The number of carboxylic acids is 1. The Bertz CT molecular complexity index is 729. The maximum Gasteiger partial charge on any atom is 0.308 e. The van der Waals surface area contributed by atoms with Gasteiger partial charge in [-0.2, -0.15) is 9.90 Å². The zero-order valence-electron chi connectivity index (χ0n) is 14.0. The molecule has 1 aromatic carbocycles. The predicted molar refractivity (Wildman–Crippen MR) is 91.4 cm³/mol. The van der Waals surface area contributed by atoms with Crippen LogP contribution in [0.4, 0.5) is 0 Å². The van der Waals surface area contributed by atoms with E-state index in [0.717, 1.165) is 31.4 Å². The molecule has 132 valence electrons. The third-order valence-corrected chi connectivity index (χ3v) is 4.61. The van der Waals surface area contributed by atoms with E-state index in [1.54, 1.807) is 0 Å². The smallest absolute Gasteiger partial charge is 0.308 e. The maximum absolute atomic E-state index is 12.5. The normalized spacial score (nSPS) is 21.1. The van der Waals surface area contributed by atoms with E-state index in [0.29, 0.717) is 12.8 Å². The number of nitrogens with zero attached hydrogens (tertiary/aromatic N) is 3. The number of rotatable bonds is 4.